The van der Waals surface area contributed by atoms with Gasteiger partial charge in [0, 0.05) is 57.9 Å². The lowest BCUT2D eigenvalue weighted by molar-refractivity contribution is 0.0305. The SMILES string of the molecule is COc1ccc(CCn2c(CCN3C(=O)c4ccc(OCCN5CCOCC5)cc4C3=O)nc3cc(N4CC5CCC(C4)O5)ccc3c2=O)cc1OC. The van der Waals surface area contributed by atoms with Crippen LogP contribution in [0.3, 0.4) is 0 Å². The molecule has 0 spiro atoms. The molecule has 5 heterocycles. The zero-order chi connectivity index (χ0) is 36.5. The highest BCUT2D eigenvalue weighted by Crippen LogP contribution is 2.32. The zero-order valence-corrected chi connectivity index (χ0v) is 30.3. The number of imide groups is 1. The number of hydrogen-bond acceptors (Lipinski definition) is 11. The van der Waals surface area contributed by atoms with Gasteiger partial charge in [0.2, 0.25) is 0 Å². The number of morpholine rings is 2. The molecule has 278 valence electrons. The molecule has 2 atom stereocenters. The average Bonchev–Trinajstić information content (AvgIpc) is 3.65. The second kappa shape index (κ2) is 15.2. The minimum atomic E-state index is -0.382. The van der Waals surface area contributed by atoms with Gasteiger partial charge in [0.25, 0.3) is 17.4 Å². The molecule has 13 nitrogen and oxygen atoms in total. The van der Waals surface area contributed by atoms with Crippen molar-refractivity contribution in [2.75, 3.05) is 78.2 Å². The summed E-state index contributed by atoms with van der Waals surface area (Å²) in [5.41, 5.74) is 3.05. The second-order valence-electron chi connectivity index (χ2n) is 14.0. The Hall–Kier alpha value is -4.98. The normalized spacial score (nSPS) is 20.0. The van der Waals surface area contributed by atoms with E-state index < -0.39 is 0 Å². The van der Waals surface area contributed by atoms with Crippen LogP contribution in [0.25, 0.3) is 10.9 Å². The van der Waals surface area contributed by atoms with E-state index in [0.717, 1.165) is 56.8 Å². The molecule has 2 bridgehead atoms. The van der Waals surface area contributed by atoms with Crippen LogP contribution in [-0.2, 0) is 28.9 Å². The van der Waals surface area contributed by atoms with Gasteiger partial charge < -0.3 is 28.6 Å². The van der Waals surface area contributed by atoms with Gasteiger partial charge in [0.15, 0.2) is 11.5 Å². The maximum Gasteiger partial charge on any atom is 0.261 e. The molecule has 2 unspecified atom stereocenters. The number of ether oxygens (including phenoxy) is 5. The first-order chi connectivity index (χ1) is 25.9. The van der Waals surface area contributed by atoms with Crippen LogP contribution in [0.1, 0.15) is 44.9 Å². The number of methoxy groups -OCH3 is 2. The van der Waals surface area contributed by atoms with Crippen molar-refractivity contribution in [3.63, 3.8) is 0 Å². The smallest absolute Gasteiger partial charge is 0.261 e. The molecule has 3 saturated heterocycles. The number of carbonyl (C=O) groups is 2. The second-order valence-corrected chi connectivity index (χ2v) is 14.0. The van der Waals surface area contributed by atoms with Crippen LogP contribution in [0.4, 0.5) is 5.69 Å². The molecule has 0 saturated carbocycles. The minimum Gasteiger partial charge on any atom is -0.493 e. The molecule has 2 amide bonds. The van der Waals surface area contributed by atoms with Gasteiger partial charge in [0.05, 0.1) is 61.7 Å². The van der Waals surface area contributed by atoms with E-state index in [1.807, 2.05) is 36.4 Å². The van der Waals surface area contributed by atoms with Gasteiger partial charge in [-0.15, -0.1) is 0 Å². The van der Waals surface area contributed by atoms with Crippen LogP contribution in [-0.4, -0.2) is 117 Å². The molecule has 4 aromatic rings. The Labute approximate surface area is 307 Å². The Morgan fingerprint density at radius 1 is 0.792 bits per heavy atom. The van der Waals surface area contributed by atoms with E-state index in [1.165, 1.54) is 4.90 Å². The highest BCUT2D eigenvalue weighted by atomic mass is 16.5. The molecule has 4 aliphatic rings. The monoisotopic (exact) mass is 723 g/mol. The van der Waals surface area contributed by atoms with Crippen molar-refractivity contribution < 1.29 is 33.3 Å². The summed E-state index contributed by atoms with van der Waals surface area (Å²) in [6.07, 6.45) is 3.28. The molecule has 13 heteroatoms. The molecule has 4 aliphatic heterocycles. The first kappa shape index (κ1) is 35.1. The lowest BCUT2D eigenvalue weighted by atomic mass is 10.1. The number of aryl methyl sites for hydroxylation is 1. The Kier molecular flexibility index (Phi) is 10.0. The van der Waals surface area contributed by atoms with E-state index >= 15 is 0 Å². The fourth-order valence-electron chi connectivity index (χ4n) is 7.87. The van der Waals surface area contributed by atoms with Crippen molar-refractivity contribution >= 4 is 28.4 Å². The highest BCUT2D eigenvalue weighted by Gasteiger charge is 2.36. The molecule has 0 N–H and O–H groups in total. The predicted molar refractivity (Wildman–Crippen MR) is 198 cm³/mol. The third-order valence-corrected chi connectivity index (χ3v) is 10.8. The Balaban J connectivity index is 1.03. The van der Waals surface area contributed by atoms with Crippen molar-refractivity contribution in [3.8, 4) is 17.2 Å². The van der Waals surface area contributed by atoms with Crippen molar-refractivity contribution in [2.24, 2.45) is 0 Å². The molecular formula is C40H45N5O8. The summed E-state index contributed by atoms with van der Waals surface area (Å²) in [5, 5.41) is 0.517. The first-order valence-corrected chi connectivity index (χ1v) is 18.5. The summed E-state index contributed by atoms with van der Waals surface area (Å²) < 4.78 is 30.0. The van der Waals surface area contributed by atoms with Crippen LogP contribution >= 0.6 is 0 Å². The third-order valence-electron chi connectivity index (χ3n) is 10.8. The fraction of sp³-hybridized carbons (Fsp3) is 0.450. The Morgan fingerprint density at radius 2 is 1.57 bits per heavy atom. The maximum atomic E-state index is 14.2. The zero-order valence-electron chi connectivity index (χ0n) is 30.3. The van der Waals surface area contributed by atoms with Gasteiger partial charge in [-0.25, -0.2) is 4.98 Å². The van der Waals surface area contributed by atoms with Gasteiger partial charge in [0.1, 0.15) is 18.2 Å². The number of hydrogen-bond donors (Lipinski definition) is 0. The van der Waals surface area contributed by atoms with E-state index in [1.54, 1.807) is 37.0 Å². The average molecular weight is 724 g/mol. The van der Waals surface area contributed by atoms with E-state index in [2.05, 4.69) is 9.80 Å². The number of fused-ring (bicyclic) bond motifs is 4. The fourth-order valence-corrected chi connectivity index (χ4v) is 7.87. The summed E-state index contributed by atoms with van der Waals surface area (Å²) in [5.74, 6) is 1.53. The van der Waals surface area contributed by atoms with Crippen molar-refractivity contribution in [2.45, 2.75) is 44.4 Å². The van der Waals surface area contributed by atoms with Gasteiger partial charge in [-0.05, 0) is 73.4 Å². The number of rotatable bonds is 13. The van der Waals surface area contributed by atoms with Crippen molar-refractivity contribution in [1.82, 2.24) is 19.4 Å². The number of nitrogens with zero attached hydrogens (tertiary/aromatic N) is 5. The van der Waals surface area contributed by atoms with Crippen LogP contribution in [0, 0.1) is 0 Å². The number of aromatic nitrogens is 2. The molecular weight excluding hydrogens is 678 g/mol. The lowest BCUT2D eigenvalue weighted by Crippen LogP contribution is -2.42. The topological polar surface area (TPSA) is 125 Å². The summed E-state index contributed by atoms with van der Waals surface area (Å²) in [6, 6.07) is 16.6. The Morgan fingerprint density at radius 3 is 2.34 bits per heavy atom. The molecule has 1 aromatic heterocycles. The summed E-state index contributed by atoms with van der Waals surface area (Å²) in [4.78, 5) is 52.3. The van der Waals surface area contributed by atoms with Gasteiger partial charge in [-0.3, -0.25) is 28.8 Å². The lowest BCUT2D eigenvalue weighted by Gasteiger charge is -2.34. The van der Waals surface area contributed by atoms with E-state index in [4.69, 9.17) is 28.7 Å². The number of amides is 2. The number of anilines is 1. The van der Waals surface area contributed by atoms with Crippen LogP contribution < -0.4 is 24.7 Å². The van der Waals surface area contributed by atoms with Gasteiger partial charge >= 0.3 is 0 Å². The predicted octanol–water partition coefficient (Wildman–Crippen LogP) is 3.57. The van der Waals surface area contributed by atoms with Gasteiger partial charge in [-0.2, -0.15) is 0 Å². The third kappa shape index (κ3) is 7.20. The van der Waals surface area contributed by atoms with E-state index in [0.29, 0.717) is 77.9 Å². The van der Waals surface area contributed by atoms with Crippen LogP contribution in [0.5, 0.6) is 17.2 Å². The van der Waals surface area contributed by atoms with Gasteiger partial charge in [-0.1, -0.05) is 6.07 Å². The molecule has 3 fully saturated rings. The van der Waals surface area contributed by atoms with E-state index in [-0.39, 0.29) is 42.5 Å². The summed E-state index contributed by atoms with van der Waals surface area (Å²) >= 11 is 0. The summed E-state index contributed by atoms with van der Waals surface area (Å²) in [6.45, 7) is 6.38. The molecule has 3 aromatic carbocycles. The molecule has 53 heavy (non-hydrogen) atoms. The number of carbonyl (C=O) groups excluding carboxylic acids is 2. The molecule has 0 radical (unpaired) electrons. The molecule has 8 rings (SSSR count). The van der Waals surface area contributed by atoms with Crippen LogP contribution in [0.2, 0.25) is 0 Å². The Bertz CT molecular complexity index is 2070. The quantitative estimate of drug-likeness (QED) is 0.188. The van der Waals surface area contributed by atoms with Crippen molar-refractivity contribution in [3.05, 3.63) is 87.5 Å². The molecule has 0 aliphatic carbocycles. The highest BCUT2D eigenvalue weighted by molar-refractivity contribution is 6.21. The maximum absolute atomic E-state index is 14.2. The first-order valence-electron chi connectivity index (χ1n) is 18.5. The van der Waals surface area contributed by atoms with E-state index in [9.17, 15) is 14.4 Å². The standard InChI is InChI=1S/C40H45N5O8/c1-49-35-10-3-26(21-36(35)50-2)11-13-44-37(41-34-22-27(4-8-32(34)39(44)47)43-24-29-5-6-30(25-43)53-29)12-14-45-38(46)31-9-7-28(23-33(31)40(45)48)52-20-17-42-15-18-51-19-16-42/h3-4,7-10,21-23,29-30H,5-6,11-20,24-25H2,1-2H3. The van der Waals surface area contributed by atoms with Crippen molar-refractivity contribution in [1.29, 1.82) is 0 Å². The number of benzene rings is 3. The van der Waals surface area contributed by atoms with Crippen LogP contribution in [0.15, 0.2) is 59.4 Å². The largest absolute Gasteiger partial charge is 0.493 e. The minimum absolute atomic E-state index is 0.0698. The summed E-state index contributed by atoms with van der Waals surface area (Å²) in [7, 11) is 3.18.